The zero-order chi connectivity index (χ0) is 14.2. The van der Waals surface area contributed by atoms with Gasteiger partial charge < -0.3 is 4.90 Å². The lowest BCUT2D eigenvalue weighted by molar-refractivity contribution is -0.116. The molecule has 1 unspecified atom stereocenters. The van der Waals surface area contributed by atoms with Crippen molar-refractivity contribution in [1.29, 1.82) is 0 Å². The lowest BCUT2D eigenvalue weighted by Gasteiger charge is -2.22. The Morgan fingerprint density at radius 1 is 1.32 bits per heavy atom. The van der Waals surface area contributed by atoms with E-state index in [0.29, 0.717) is 12.5 Å². The van der Waals surface area contributed by atoms with Gasteiger partial charge in [0.2, 0.25) is 0 Å². The number of imide groups is 1. The van der Waals surface area contributed by atoms with Gasteiger partial charge in [-0.3, -0.25) is 4.79 Å². The summed E-state index contributed by atoms with van der Waals surface area (Å²) in [6, 6.07) is 2.10. The van der Waals surface area contributed by atoms with Crippen LogP contribution in [0.15, 0.2) is 18.2 Å². The fourth-order valence-corrected chi connectivity index (χ4v) is 1.98. The highest BCUT2D eigenvalue weighted by Gasteiger charge is 2.40. The van der Waals surface area contributed by atoms with Crippen LogP contribution in [0.1, 0.15) is 20.3 Å². The van der Waals surface area contributed by atoms with Crippen LogP contribution in [-0.2, 0) is 4.79 Å². The second kappa shape index (κ2) is 4.95. The predicted molar refractivity (Wildman–Crippen MR) is 65.7 cm³/mol. The molecule has 0 radical (unpaired) electrons. The van der Waals surface area contributed by atoms with Crippen LogP contribution < -0.4 is 4.90 Å². The number of carbonyl (C=O) groups is 2. The largest absolute Gasteiger partial charge is 0.332 e. The molecule has 6 heteroatoms. The third-order valence-corrected chi connectivity index (χ3v) is 3.27. The van der Waals surface area contributed by atoms with Gasteiger partial charge in [0, 0.05) is 12.1 Å². The maximum Gasteiger partial charge on any atom is 0.332 e. The molecule has 3 amide bonds. The van der Waals surface area contributed by atoms with Crippen molar-refractivity contribution in [3.05, 3.63) is 29.8 Å². The number of carbonyl (C=O) groups excluding carboxylic acids is 2. The topological polar surface area (TPSA) is 40.6 Å². The highest BCUT2D eigenvalue weighted by atomic mass is 19.1. The van der Waals surface area contributed by atoms with Crippen molar-refractivity contribution in [2.75, 3.05) is 11.4 Å². The predicted octanol–water partition coefficient (Wildman–Crippen LogP) is 2.53. The number of benzene rings is 1. The Morgan fingerprint density at radius 2 is 2.00 bits per heavy atom. The molecule has 0 bridgehead atoms. The zero-order valence-corrected chi connectivity index (χ0v) is 10.7. The fourth-order valence-electron chi connectivity index (χ4n) is 1.98. The Labute approximate surface area is 109 Å². The SMILES string of the molecule is CCC(C)N1CC(=O)N(c2ccc(F)cc2F)C1=O. The van der Waals surface area contributed by atoms with Crippen molar-refractivity contribution in [2.45, 2.75) is 26.3 Å². The molecular formula is C13H14F2N2O2. The number of hydrogen-bond acceptors (Lipinski definition) is 2. The Morgan fingerprint density at radius 3 is 2.58 bits per heavy atom. The Bertz CT molecular complexity index is 533. The first-order chi connectivity index (χ1) is 8.95. The van der Waals surface area contributed by atoms with Crippen LogP contribution in [0, 0.1) is 11.6 Å². The molecule has 2 rings (SSSR count). The fraction of sp³-hybridized carbons (Fsp3) is 0.385. The van der Waals surface area contributed by atoms with Crippen molar-refractivity contribution in [1.82, 2.24) is 4.90 Å². The van der Waals surface area contributed by atoms with Crippen LogP contribution in [0.5, 0.6) is 0 Å². The number of urea groups is 1. The molecule has 1 heterocycles. The molecule has 1 aromatic rings. The van der Waals surface area contributed by atoms with Crippen molar-refractivity contribution < 1.29 is 18.4 Å². The van der Waals surface area contributed by atoms with E-state index in [-0.39, 0.29) is 18.3 Å². The van der Waals surface area contributed by atoms with Gasteiger partial charge in [0.05, 0.1) is 5.69 Å². The van der Waals surface area contributed by atoms with Gasteiger partial charge in [-0.2, -0.15) is 0 Å². The van der Waals surface area contributed by atoms with E-state index in [4.69, 9.17) is 0 Å². The lowest BCUT2D eigenvalue weighted by Crippen LogP contribution is -2.38. The number of anilines is 1. The molecule has 102 valence electrons. The van der Waals surface area contributed by atoms with Gasteiger partial charge in [0.15, 0.2) is 0 Å². The van der Waals surface area contributed by atoms with Gasteiger partial charge >= 0.3 is 6.03 Å². The van der Waals surface area contributed by atoms with E-state index >= 15 is 0 Å². The van der Waals surface area contributed by atoms with Crippen LogP contribution in [0.4, 0.5) is 19.3 Å². The number of amides is 3. The third kappa shape index (κ3) is 2.30. The highest BCUT2D eigenvalue weighted by Crippen LogP contribution is 2.26. The van der Waals surface area contributed by atoms with Gasteiger partial charge in [-0.1, -0.05) is 6.92 Å². The lowest BCUT2D eigenvalue weighted by atomic mass is 10.2. The van der Waals surface area contributed by atoms with Gasteiger partial charge in [0.1, 0.15) is 18.2 Å². The summed E-state index contributed by atoms with van der Waals surface area (Å²) in [5.74, 6) is -2.18. The summed E-state index contributed by atoms with van der Waals surface area (Å²) < 4.78 is 26.5. The van der Waals surface area contributed by atoms with Gasteiger partial charge in [-0.25, -0.2) is 18.5 Å². The molecule has 0 aliphatic carbocycles. The molecule has 0 aromatic heterocycles. The first-order valence-electron chi connectivity index (χ1n) is 6.04. The maximum absolute atomic E-state index is 13.7. The van der Waals surface area contributed by atoms with E-state index in [2.05, 4.69) is 0 Å². The highest BCUT2D eigenvalue weighted by molar-refractivity contribution is 6.19. The van der Waals surface area contributed by atoms with E-state index in [1.54, 1.807) is 0 Å². The molecule has 1 aliphatic heterocycles. The zero-order valence-electron chi connectivity index (χ0n) is 10.7. The van der Waals surface area contributed by atoms with Gasteiger partial charge in [-0.05, 0) is 25.5 Å². The van der Waals surface area contributed by atoms with Gasteiger partial charge in [-0.15, -0.1) is 0 Å². The van der Waals surface area contributed by atoms with Crippen LogP contribution in [-0.4, -0.2) is 29.4 Å². The number of halogens is 2. The molecule has 0 spiro atoms. The first kappa shape index (κ1) is 13.5. The molecule has 1 atom stereocenters. The molecular weight excluding hydrogens is 254 g/mol. The van der Waals surface area contributed by atoms with Crippen LogP contribution in [0.2, 0.25) is 0 Å². The molecule has 4 nitrogen and oxygen atoms in total. The minimum Gasteiger partial charge on any atom is -0.312 e. The number of hydrogen-bond donors (Lipinski definition) is 0. The van der Waals surface area contributed by atoms with Crippen molar-refractivity contribution in [3.8, 4) is 0 Å². The average molecular weight is 268 g/mol. The summed E-state index contributed by atoms with van der Waals surface area (Å²) in [4.78, 5) is 26.1. The minimum atomic E-state index is -0.923. The Kier molecular flexibility index (Phi) is 3.50. The van der Waals surface area contributed by atoms with Crippen LogP contribution >= 0.6 is 0 Å². The summed E-state index contributed by atoms with van der Waals surface area (Å²) in [7, 11) is 0. The summed E-state index contributed by atoms with van der Waals surface area (Å²) in [5.41, 5.74) is -0.206. The van der Waals surface area contributed by atoms with E-state index in [1.165, 1.54) is 4.90 Å². The molecule has 1 fully saturated rings. The van der Waals surface area contributed by atoms with Crippen LogP contribution in [0.25, 0.3) is 0 Å². The normalized spacial score (nSPS) is 17.3. The average Bonchev–Trinajstić information content (AvgIpc) is 2.65. The van der Waals surface area contributed by atoms with Crippen molar-refractivity contribution >= 4 is 17.6 Å². The van der Waals surface area contributed by atoms with Crippen LogP contribution in [0.3, 0.4) is 0 Å². The monoisotopic (exact) mass is 268 g/mol. The van der Waals surface area contributed by atoms with E-state index in [1.807, 2.05) is 13.8 Å². The first-order valence-corrected chi connectivity index (χ1v) is 6.04. The van der Waals surface area contributed by atoms with Gasteiger partial charge in [0.25, 0.3) is 5.91 Å². The molecule has 0 N–H and O–H groups in total. The second-order valence-corrected chi connectivity index (χ2v) is 4.49. The summed E-state index contributed by atoms with van der Waals surface area (Å²) >= 11 is 0. The Balaban J connectivity index is 2.35. The molecule has 1 saturated heterocycles. The Hall–Kier alpha value is -1.98. The number of rotatable bonds is 3. The van der Waals surface area contributed by atoms with E-state index < -0.39 is 23.6 Å². The van der Waals surface area contributed by atoms with E-state index in [9.17, 15) is 18.4 Å². The minimum absolute atomic E-state index is 0.0787. The molecule has 0 saturated carbocycles. The summed E-state index contributed by atoms with van der Waals surface area (Å²) in [6.45, 7) is 3.63. The summed E-state index contributed by atoms with van der Waals surface area (Å²) in [5, 5.41) is 0. The standard InChI is InChI=1S/C13H14F2N2O2/c1-3-8(2)16-7-12(18)17(13(16)19)11-5-4-9(14)6-10(11)15/h4-6,8H,3,7H2,1-2H3. The number of nitrogens with zero attached hydrogens (tertiary/aromatic N) is 2. The molecule has 1 aromatic carbocycles. The quantitative estimate of drug-likeness (QED) is 0.790. The second-order valence-electron chi connectivity index (χ2n) is 4.49. The smallest absolute Gasteiger partial charge is 0.312 e. The molecule has 1 aliphatic rings. The summed E-state index contributed by atoms with van der Waals surface area (Å²) in [6.07, 6.45) is 0.693. The van der Waals surface area contributed by atoms with Crippen molar-refractivity contribution in [2.24, 2.45) is 0 Å². The third-order valence-electron chi connectivity index (χ3n) is 3.27. The van der Waals surface area contributed by atoms with Crippen molar-refractivity contribution in [3.63, 3.8) is 0 Å². The van der Waals surface area contributed by atoms with E-state index in [0.717, 1.165) is 17.0 Å². The molecule has 19 heavy (non-hydrogen) atoms. The maximum atomic E-state index is 13.7.